The Balaban J connectivity index is 1.79. The highest BCUT2D eigenvalue weighted by atomic mass is 14.8. The fraction of sp³-hybridized carbons (Fsp3) is 0.217. The smallest absolute Gasteiger partial charge is 0.124 e. The Hall–Kier alpha value is -2.98. The molecule has 4 nitrogen and oxygen atoms in total. The number of para-hydroxylation sites is 1. The molecule has 2 heterocycles. The first-order valence-corrected chi connectivity index (χ1v) is 9.33. The average Bonchev–Trinajstić information content (AvgIpc) is 2.66. The molecule has 4 heteroatoms. The Morgan fingerprint density at radius 1 is 0.889 bits per heavy atom. The highest BCUT2D eigenvalue weighted by Gasteiger charge is 2.12. The van der Waals surface area contributed by atoms with Crippen LogP contribution in [0.25, 0.3) is 32.9 Å². The number of hydrogen-bond donors (Lipinski definition) is 2. The molecule has 0 saturated carbocycles. The van der Waals surface area contributed by atoms with Crippen LogP contribution < -0.4 is 11.5 Å². The van der Waals surface area contributed by atoms with Crippen molar-refractivity contribution in [3.05, 3.63) is 66.4 Å². The predicted octanol–water partition coefficient (Wildman–Crippen LogP) is 5.08. The lowest BCUT2D eigenvalue weighted by atomic mass is 9.98. The van der Waals surface area contributed by atoms with Gasteiger partial charge in [0.25, 0.3) is 0 Å². The summed E-state index contributed by atoms with van der Waals surface area (Å²) in [6, 6.07) is 20.4. The van der Waals surface area contributed by atoms with Gasteiger partial charge in [0.05, 0.1) is 16.7 Å². The van der Waals surface area contributed by atoms with Crippen molar-refractivity contribution < 1.29 is 0 Å². The van der Waals surface area contributed by atoms with Gasteiger partial charge in [0.2, 0.25) is 0 Å². The van der Waals surface area contributed by atoms with Crippen molar-refractivity contribution >= 4 is 27.6 Å². The zero-order chi connectivity index (χ0) is 19.0. The van der Waals surface area contributed by atoms with E-state index in [9.17, 15) is 0 Å². The normalized spacial score (nSPS) is 12.7. The van der Waals surface area contributed by atoms with Crippen LogP contribution in [-0.2, 0) is 0 Å². The zero-order valence-corrected chi connectivity index (χ0v) is 15.7. The van der Waals surface area contributed by atoms with Gasteiger partial charge >= 0.3 is 0 Å². The highest BCUT2D eigenvalue weighted by Crippen LogP contribution is 2.31. The van der Waals surface area contributed by atoms with E-state index in [2.05, 4.69) is 49.2 Å². The molecule has 0 fully saturated rings. The molecule has 1 unspecified atom stereocenters. The highest BCUT2D eigenvalue weighted by molar-refractivity contribution is 5.98. The summed E-state index contributed by atoms with van der Waals surface area (Å²) in [7, 11) is 0. The summed E-state index contributed by atoms with van der Waals surface area (Å²) in [5.41, 5.74) is 17.3. The van der Waals surface area contributed by atoms with Crippen molar-refractivity contribution in [2.45, 2.75) is 26.3 Å². The number of benzene rings is 2. The van der Waals surface area contributed by atoms with Crippen molar-refractivity contribution in [1.82, 2.24) is 9.97 Å². The number of hydrogen-bond acceptors (Lipinski definition) is 4. The number of rotatable bonds is 4. The van der Waals surface area contributed by atoms with E-state index in [0.717, 1.165) is 45.0 Å². The van der Waals surface area contributed by atoms with Crippen molar-refractivity contribution in [2.24, 2.45) is 11.7 Å². The zero-order valence-electron chi connectivity index (χ0n) is 15.7. The molecule has 2 aromatic carbocycles. The minimum Gasteiger partial charge on any atom is -0.384 e. The van der Waals surface area contributed by atoms with Gasteiger partial charge in [-0.15, -0.1) is 0 Å². The SMILES string of the molecule is CC(C)CC(N)c1ccc2cc(-c3cc(N)nc4ccccc34)ccc2n1. The lowest BCUT2D eigenvalue weighted by Gasteiger charge is -2.14. The minimum absolute atomic E-state index is 0.0296. The molecule has 4 rings (SSSR count). The topological polar surface area (TPSA) is 77.8 Å². The second-order valence-electron chi connectivity index (χ2n) is 7.49. The van der Waals surface area contributed by atoms with E-state index in [0.29, 0.717) is 11.7 Å². The monoisotopic (exact) mass is 356 g/mol. The number of anilines is 1. The van der Waals surface area contributed by atoms with Crippen LogP contribution in [0, 0.1) is 5.92 Å². The second-order valence-corrected chi connectivity index (χ2v) is 7.49. The first-order chi connectivity index (χ1) is 13.0. The molecule has 27 heavy (non-hydrogen) atoms. The van der Waals surface area contributed by atoms with E-state index in [1.807, 2.05) is 30.3 Å². The fourth-order valence-electron chi connectivity index (χ4n) is 3.58. The van der Waals surface area contributed by atoms with E-state index in [1.54, 1.807) is 0 Å². The summed E-state index contributed by atoms with van der Waals surface area (Å²) < 4.78 is 0. The second kappa shape index (κ2) is 6.97. The van der Waals surface area contributed by atoms with Gasteiger partial charge in [0, 0.05) is 16.8 Å². The van der Waals surface area contributed by atoms with Gasteiger partial charge in [-0.05, 0) is 53.8 Å². The van der Waals surface area contributed by atoms with Crippen molar-refractivity contribution in [3.63, 3.8) is 0 Å². The summed E-state index contributed by atoms with van der Waals surface area (Å²) in [6.45, 7) is 4.36. The summed E-state index contributed by atoms with van der Waals surface area (Å²) >= 11 is 0. The molecule has 136 valence electrons. The third-order valence-electron chi connectivity index (χ3n) is 4.86. The number of aromatic nitrogens is 2. The molecule has 0 spiro atoms. The van der Waals surface area contributed by atoms with Crippen molar-refractivity contribution in [3.8, 4) is 11.1 Å². The summed E-state index contributed by atoms with van der Waals surface area (Å²) in [6.07, 6.45) is 0.929. The molecule has 1 atom stereocenters. The molecule has 0 saturated heterocycles. The maximum atomic E-state index is 6.30. The molecular weight excluding hydrogens is 332 g/mol. The molecule has 4 aromatic rings. The predicted molar refractivity (Wildman–Crippen MR) is 113 cm³/mol. The molecular formula is C23H24N4. The van der Waals surface area contributed by atoms with Gasteiger partial charge in [-0.25, -0.2) is 4.98 Å². The van der Waals surface area contributed by atoms with Crippen LogP contribution in [0.5, 0.6) is 0 Å². The number of nitrogens with zero attached hydrogens (tertiary/aromatic N) is 2. The molecule has 2 aromatic heterocycles. The standard InChI is InChI=1S/C23H24N4/c1-14(2)11-19(24)22-10-8-16-12-15(7-9-20(16)26-22)18-13-23(25)27-21-6-4-3-5-17(18)21/h3-10,12-14,19H,11,24H2,1-2H3,(H2,25,27). The van der Waals surface area contributed by atoms with Crippen molar-refractivity contribution in [1.29, 1.82) is 0 Å². The Morgan fingerprint density at radius 3 is 2.52 bits per heavy atom. The molecule has 0 aliphatic heterocycles. The first kappa shape index (κ1) is 17.4. The Kier molecular flexibility index (Phi) is 4.50. The molecule has 4 N–H and O–H groups in total. The first-order valence-electron chi connectivity index (χ1n) is 9.33. The number of fused-ring (bicyclic) bond motifs is 2. The summed E-state index contributed by atoms with van der Waals surface area (Å²) in [5.74, 6) is 1.07. The van der Waals surface area contributed by atoms with Crippen LogP contribution in [0.3, 0.4) is 0 Å². The number of pyridine rings is 2. The Labute approximate surface area is 159 Å². The van der Waals surface area contributed by atoms with Crippen LogP contribution in [0.1, 0.15) is 32.0 Å². The largest absolute Gasteiger partial charge is 0.384 e. The molecule has 0 radical (unpaired) electrons. The molecule has 0 aliphatic carbocycles. The van der Waals surface area contributed by atoms with E-state index < -0.39 is 0 Å². The molecule has 0 bridgehead atoms. The quantitative estimate of drug-likeness (QED) is 0.534. The van der Waals surface area contributed by atoms with Crippen LogP contribution >= 0.6 is 0 Å². The van der Waals surface area contributed by atoms with E-state index in [1.165, 1.54) is 0 Å². The Bertz CT molecular complexity index is 1120. The number of nitrogens with two attached hydrogens (primary N) is 2. The molecule has 0 amide bonds. The van der Waals surface area contributed by atoms with Gasteiger partial charge in [-0.3, -0.25) is 4.98 Å². The number of nitrogen functional groups attached to an aromatic ring is 1. The fourth-order valence-corrected chi connectivity index (χ4v) is 3.58. The van der Waals surface area contributed by atoms with Crippen LogP contribution in [0.15, 0.2) is 60.7 Å². The third-order valence-corrected chi connectivity index (χ3v) is 4.86. The van der Waals surface area contributed by atoms with Gasteiger partial charge in [-0.1, -0.05) is 44.2 Å². The lowest BCUT2D eigenvalue weighted by molar-refractivity contribution is 0.503. The van der Waals surface area contributed by atoms with Gasteiger partial charge < -0.3 is 11.5 Å². The third kappa shape index (κ3) is 3.49. The van der Waals surface area contributed by atoms with Gasteiger partial charge in [0.1, 0.15) is 5.82 Å². The minimum atomic E-state index is -0.0296. The summed E-state index contributed by atoms with van der Waals surface area (Å²) in [4.78, 5) is 9.21. The van der Waals surface area contributed by atoms with Crippen molar-refractivity contribution in [2.75, 3.05) is 5.73 Å². The van der Waals surface area contributed by atoms with E-state index >= 15 is 0 Å². The maximum absolute atomic E-state index is 6.30. The van der Waals surface area contributed by atoms with Crippen LogP contribution in [0.4, 0.5) is 5.82 Å². The van der Waals surface area contributed by atoms with Crippen LogP contribution in [-0.4, -0.2) is 9.97 Å². The molecule has 0 aliphatic rings. The van der Waals surface area contributed by atoms with Crippen LogP contribution in [0.2, 0.25) is 0 Å². The summed E-state index contributed by atoms with van der Waals surface area (Å²) in [5, 5.41) is 2.18. The Morgan fingerprint density at radius 2 is 1.70 bits per heavy atom. The maximum Gasteiger partial charge on any atom is 0.124 e. The lowest BCUT2D eigenvalue weighted by Crippen LogP contribution is -2.14. The van der Waals surface area contributed by atoms with E-state index in [-0.39, 0.29) is 6.04 Å². The van der Waals surface area contributed by atoms with Gasteiger partial charge in [0.15, 0.2) is 0 Å². The van der Waals surface area contributed by atoms with Gasteiger partial charge in [-0.2, -0.15) is 0 Å². The average molecular weight is 356 g/mol. The van der Waals surface area contributed by atoms with E-state index in [4.69, 9.17) is 16.5 Å².